The molecule has 36 heavy (non-hydrogen) atoms. The Kier molecular flexibility index (Phi) is 7.30. The van der Waals surface area contributed by atoms with E-state index >= 15 is 0 Å². The van der Waals surface area contributed by atoms with Gasteiger partial charge in [-0.2, -0.15) is 0 Å². The zero-order valence-corrected chi connectivity index (χ0v) is 22.0. The first kappa shape index (κ1) is 26.3. The van der Waals surface area contributed by atoms with Gasteiger partial charge in [0.15, 0.2) is 5.78 Å². The molecule has 0 aliphatic rings. The van der Waals surface area contributed by atoms with Gasteiger partial charge in [0, 0.05) is 39.8 Å². The molecule has 9 nitrogen and oxygen atoms in total. The number of hydrogen-bond donors (Lipinski definition) is 2. The molecule has 2 N–H and O–H groups in total. The minimum absolute atomic E-state index is 0.0301. The maximum atomic E-state index is 13.4. The minimum Gasteiger partial charge on any atom is -0.323 e. The highest BCUT2D eigenvalue weighted by atomic mass is 35.5. The fraction of sp³-hybridized carbons (Fsp3) is 0.130. The molecular weight excluding hydrogens is 548 g/mol. The maximum Gasteiger partial charge on any atom is 0.345 e. The van der Waals surface area contributed by atoms with Crippen molar-refractivity contribution in [1.82, 2.24) is 9.55 Å². The lowest BCUT2D eigenvalue weighted by Crippen LogP contribution is -2.32. The van der Waals surface area contributed by atoms with Gasteiger partial charge in [-0.3, -0.25) is 13.7 Å². The second-order valence-electron chi connectivity index (χ2n) is 7.87. The van der Waals surface area contributed by atoms with Gasteiger partial charge in [0.1, 0.15) is 12.1 Å². The topological polar surface area (TPSA) is 130 Å². The van der Waals surface area contributed by atoms with Crippen molar-refractivity contribution in [3.05, 3.63) is 82.6 Å². The largest absolute Gasteiger partial charge is 0.345 e. The van der Waals surface area contributed by atoms with Crippen molar-refractivity contribution in [2.24, 2.45) is 0 Å². The highest BCUT2D eigenvalue weighted by Crippen LogP contribution is 2.40. The van der Waals surface area contributed by atoms with E-state index in [-0.39, 0.29) is 26.4 Å². The van der Waals surface area contributed by atoms with Crippen LogP contribution in [0.4, 0.5) is 5.69 Å². The Morgan fingerprint density at radius 1 is 1.06 bits per heavy atom. The SMILES string of the molecule is CCC(=O)c1ccnc(-n2ccc3cc(N(CP(=O)(O)O)S(=O)(=O)c4cc(Cl)cc(Cl)c4)ccc32)c1. The molecule has 0 fully saturated rings. The average molecular weight is 568 g/mol. The summed E-state index contributed by atoms with van der Waals surface area (Å²) in [7, 11) is -9.26. The molecule has 2 heterocycles. The van der Waals surface area contributed by atoms with Gasteiger partial charge in [-0.05, 0) is 54.6 Å². The molecule has 0 atom stereocenters. The number of anilines is 1. The molecule has 0 saturated heterocycles. The first-order chi connectivity index (χ1) is 16.9. The van der Waals surface area contributed by atoms with Gasteiger partial charge in [-0.15, -0.1) is 0 Å². The molecule has 0 aliphatic carbocycles. The molecule has 0 spiro atoms. The van der Waals surface area contributed by atoms with Crippen LogP contribution >= 0.6 is 30.8 Å². The summed E-state index contributed by atoms with van der Waals surface area (Å²) in [6.45, 7) is 1.77. The lowest BCUT2D eigenvalue weighted by atomic mass is 10.1. The van der Waals surface area contributed by atoms with Crippen LogP contribution in [0.3, 0.4) is 0 Å². The smallest absolute Gasteiger partial charge is 0.323 e. The first-order valence-electron chi connectivity index (χ1n) is 10.5. The zero-order valence-electron chi connectivity index (χ0n) is 18.7. The third-order valence-corrected chi connectivity index (χ3v) is 8.36. The molecule has 0 unspecified atom stereocenters. The van der Waals surface area contributed by atoms with Crippen molar-refractivity contribution < 1.29 is 27.6 Å². The van der Waals surface area contributed by atoms with Crippen molar-refractivity contribution in [3.63, 3.8) is 0 Å². The summed E-state index contributed by atoms with van der Waals surface area (Å²) in [5, 5.41) is 0.693. The van der Waals surface area contributed by atoms with Gasteiger partial charge in [0.05, 0.1) is 16.1 Å². The van der Waals surface area contributed by atoms with E-state index in [2.05, 4.69) is 4.98 Å². The Bertz CT molecular complexity index is 1610. The van der Waals surface area contributed by atoms with E-state index in [0.717, 1.165) is 12.1 Å². The fourth-order valence-electron chi connectivity index (χ4n) is 3.68. The average Bonchev–Trinajstić information content (AvgIpc) is 3.24. The van der Waals surface area contributed by atoms with Crippen molar-refractivity contribution in [3.8, 4) is 5.82 Å². The van der Waals surface area contributed by atoms with Gasteiger partial charge < -0.3 is 14.4 Å². The van der Waals surface area contributed by atoms with Gasteiger partial charge >= 0.3 is 7.60 Å². The number of benzene rings is 2. The van der Waals surface area contributed by atoms with E-state index in [9.17, 15) is 27.6 Å². The van der Waals surface area contributed by atoms with Crippen LogP contribution in [-0.2, 0) is 14.6 Å². The predicted octanol–water partition coefficient (Wildman–Crippen LogP) is 5.26. The van der Waals surface area contributed by atoms with E-state index in [0.29, 0.717) is 33.0 Å². The van der Waals surface area contributed by atoms with Crippen LogP contribution in [0.5, 0.6) is 0 Å². The van der Waals surface area contributed by atoms with Crippen molar-refractivity contribution in [2.75, 3.05) is 10.6 Å². The first-order valence-corrected chi connectivity index (χ1v) is 14.5. The van der Waals surface area contributed by atoms with E-state index in [1.807, 2.05) is 0 Å². The number of Topliss-reactive ketones (excluding diaryl/α,β-unsaturated/α-hetero) is 1. The number of halogens is 2. The molecule has 0 aliphatic heterocycles. The number of rotatable bonds is 8. The fourth-order valence-corrected chi connectivity index (χ4v) is 7.09. The predicted molar refractivity (Wildman–Crippen MR) is 139 cm³/mol. The van der Waals surface area contributed by atoms with Crippen LogP contribution < -0.4 is 4.31 Å². The number of fused-ring (bicyclic) bond motifs is 1. The molecule has 13 heteroatoms. The molecule has 4 rings (SSSR count). The summed E-state index contributed by atoms with van der Waals surface area (Å²) in [6.07, 6.45) is 2.49. The van der Waals surface area contributed by atoms with Crippen LogP contribution in [0.25, 0.3) is 16.7 Å². The van der Waals surface area contributed by atoms with Crippen LogP contribution in [0.15, 0.2) is 71.9 Å². The molecule has 188 valence electrons. The Morgan fingerprint density at radius 2 is 1.75 bits per heavy atom. The lowest BCUT2D eigenvalue weighted by molar-refractivity contribution is 0.0988. The van der Waals surface area contributed by atoms with Gasteiger partial charge in [0.2, 0.25) is 0 Å². The summed E-state index contributed by atoms with van der Waals surface area (Å²) in [5.41, 5.74) is 1.19. The Morgan fingerprint density at radius 3 is 2.39 bits per heavy atom. The number of carbonyl (C=O) groups excluding carboxylic acids is 1. The number of sulfonamides is 1. The number of ketones is 1. The van der Waals surface area contributed by atoms with Crippen LogP contribution in [-0.4, -0.2) is 39.8 Å². The summed E-state index contributed by atoms with van der Waals surface area (Å²) >= 11 is 11.9. The van der Waals surface area contributed by atoms with Gasteiger partial charge in [-0.1, -0.05) is 30.1 Å². The molecule has 0 radical (unpaired) electrons. The quantitative estimate of drug-likeness (QED) is 0.219. The third kappa shape index (κ3) is 5.49. The van der Waals surface area contributed by atoms with Gasteiger partial charge in [0.25, 0.3) is 10.0 Å². The summed E-state index contributed by atoms with van der Waals surface area (Å²) in [4.78, 5) is 35.4. The van der Waals surface area contributed by atoms with E-state index < -0.39 is 23.9 Å². The summed E-state index contributed by atoms with van der Waals surface area (Å²) in [6, 6.07) is 13.2. The van der Waals surface area contributed by atoms with E-state index in [4.69, 9.17) is 23.2 Å². The molecule has 0 saturated carbocycles. The van der Waals surface area contributed by atoms with Crippen LogP contribution in [0.2, 0.25) is 10.0 Å². The molecule has 0 amide bonds. The van der Waals surface area contributed by atoms with Crippen LogP contribution in [0.1, 0.15) is 23.7 Å². The highest BCUT2D eigenvalue weighted by molar-refractivity contribution is 7.93. The summed E-state index contributed by atoms with van der Waals surface area (Å²) in [5.74, 6) is 0.460. The standard InChI is InChI=1S/C23H20Cl2N3O6PS/c1-2-22(29)16-5-7-26-23(10-16)27-8-6-15-9-19(3-4-21(15)27)28(14-35(30,31)32)36(33,34)20-12-17(24)11-18(25)13-20/h3-13H,2,14H2,1H3,(H2,30,31,32). The second-order valence-corrected chi connectivity index (χ2v) is 12.2. The molecule has 4 aromatic rings. The molecule has 2 aromatic carbocycles. The lowest BCUT2D eigenvalue weighted by Gasteiger charge is -2.25. The third-order valence-electron chi connectivity index (χ3n) is 5.33. The van der Waals surface area contributed by atoms with Crippen LogP contribution in [0, 0.1) is 0 Å². The number of nitrogens with zero attached hydrogens (tertiary/aromatic N) is 3. The molecule has 2 aromatic heterocycles. The van der Waals surface area contributed by atoms with E-state index in [1.165, 1.54) is 24.4 Å². The number of carbonyl (C=O) groups is 1. The Hall–Kier alpha value is -2.72. The summed E-state index contributed by atoms with van der Waals surface area (Å²) < 4.78 is 41.1. The Labute approximate surface area is 217 Å². The van der Waals surface area contributed by atoms with Crippen molar-refractivity contribution in [2.45, 2.75) is 18.2 Å². The van der Waals surface area contributed by atoms with Crippen molar-refractivity contribution >= 4 is 63.2 Å². The molecular formula is C23H20Cl2N3O6PS. The normalized spacial score (nSPS) is 12.1. The number of hydrogen-bond acceptors (Lipinski definition) is 5. The number of aromatic nitrogens is 2. The van der Waals surface area contributed by atoms with E-state index in [1.54, 1.807) is 42.0 Å². The minimum atomic E-state index is -4.82. The Balaban J connectivity index is 1.81. The number of pyridine rings is 1. The monoisotopic (exact) mass is 567 g/mol. The second kappa shape index (κ2) is 9.97. The van der Waals surface area contributed by atoms with Gasteiger partial charge in [-0.25, -0.2) is 13.4 Å². The maximum absolute atomic E-state index is 13.4. The molecule has 0 bridgehead atoms. The zero-order chi connectivity index (χ0) is 26.3. The van der Waals surface area contributed by atoms with Crippen molar-refractivity contribution in [1.29, 1.82) is 0 Å². The highest BCUT2D eigenvalue weighted by Gasteiger charge is 2.32.